The van der Waals surface area contributed by atoms with Crippen LogP contribution in [0.1, 0.15) is 13.3 Å². The molecule has 0 radical (unpaired) electrons. The first-order valence-electron chi connectivity index (χ1n) is 4.76. The Morgan fingerprint density at radius 1 is 1.31 bits per heavy atom. The summed E-state index contributed by atoms with van der Waals surface area (Å²) in [5, 5.41) is 0. The van der Waals surface area contributed by atoms with Gasteiger partial charge in [0.15, 0.2) is 9.68 Å². The number of ether oxygens (including phenoxy) is 2. The minimum Gasteiger partial charge on any atom is -0.359 e. The Kier molecular flexibility index (Phi) is 8.68. The van der Waals surface area contributed by atoms with Gasteiger partial charge >= 0.3 is 0 Å². The van der Waals surface area contributed by atoms with Crippen LogP contribution in [0.2, 0.25) is 0 Å². The Bertz CT molecular complexity index is 106. The number of rotatable bonds is 8. The van der Waals surface area contributed by atoms with Gasteiger partial charge in [-0.15, -0.1) is 0 Å². The van der Waals surface area contributed by atoms with Gasteiger partial charge in [-0.2, -0.15) is 0 Å². The Labute approximate surface area is 83.3 Å². The van der Waals surface area contributed by atoms with Crippen molar-refractivity contribution >= 4 is 9.68 Å². The van der Waals surface area contributed by atoms with Gasteiger partial charge in [0.05, 0.1) is 0 Å². The van der Waals surface area contributed by atoms with E-state index in [1.165, 1.54) is 0 Å². The lowest BCUT2D eigenvalue weighted by molar-refractivity contribution is -0.0482. The van der Waals surface area contributed by atoms with E-state index >= 15 is 0 Å². The molecule has 0 aromatic heterocycles. The van der Waals surface area contributed by atoms with Crippen molar-refractivity contribution < 1.29 is 9.47 Å². The molecule has 0 fully saturated rings. The minimum absolute atomic E-state index is 0.00176. The zero-order valence-corrected chi connectivity index (χ0v) is 10.4. The third-order valence-corrected chi connectivity index (χ3v) is 4.03. The van der Waals surface area contributed by atoms with E-state index in [1.807, 2.05) is 0 Å². The fraction of sp³-hybridized carbons (Fsp3) is 1.00. The van der Waals surface area contributed by atoms with Gasteiger partial charge in [-0.05, 0) is 13.0 Å². The van der Waals surface area contributed by atoms with Crippen molar-refractivity contribution in [1.82, 2.24) is 4.57 Å². The first kappa shape index (κ1) is 13.1. The van der Waals surface area contributed by atoms with Crippen molar-refractivity contribution in [2.75, 3.05) is 33.9 Å². The highest BCUT2D eigenvalue weighted by molar-refractivity contribution is 6.33. The van der Waals surface area contributed by atoms with Gasteiger partial charge in [0.25, 0.3) is 0 Å². The summed E-state index contributed by atoms with van der Waals surface area (Å²) in [5.74, 6) is -0.00176. The highest BCUT2D eigenvalue weighted by Gasteiger charge is 2.12. The molecular formula is C8H22N2O2Si. The predicted molar refractivity (Wildman–Crippen MR) is 57.3 cm³/mol. The molecule has 0 aliphatic carbocycles. The second-order valence-corrected chi connectivity index (χ2v) is 4.92. The molecule has 80 valence electrons. The Morgan fingerprint density at radius 3 is 2.31 bits per heavy atom. The summed E-state index contributed by atoms with van der Waals surface area (Å²) in [6, 6.07) is 0. The van der Waals surface area contributed by atoms with Crippen molar-refractivity contribution in [2.45, 2.75) is 19.3 Å². The van der Waals surface area contributed by atoms with Crippen LogP contribution in [0.4, 0.5) is 0 Å². The molecule has 0 aromatic carbocycles. The number of nitrogens with zero attached hydrogens (tertiary/aromatic N) is 1. The molecule has 0 rings (SSSR count). The predicted octanol–water partition coefficient (Wildman–Crippen LogP) is -0.683. The third-order valence-electron chi connectivity index (χ3n) is 1.92. The van der Waals surface area contributed by atoms with Gasteiger partial charge in [-0.3, -0.25) is 0 Å². The lowest BCUT2D eigenvalue weighted by atomic mass is 10.5. The van der Waals surface area contributed by atoms with Crippen LogP contribution >= 0.6 is 0 Å². The summed E-state index contributed by atoms with van der Waals surface area (Å²) < 4.78 is 12.7. The summed E-state index contributed by atoms with van der Waals surface area (Å²) in [6.07, 6.45) is 1.16. The maximum absolute atomic E-state index is 5.52. The second-order valence-electron chi connectivity index (χ2n) is 2.99. The van der Waals surface area contributed by atoms with Crippen LogP contribution in [0, 0.1) is 0 Å². The second kappa shape index (κ2) is 8.65. The molecule has 0 saturated heterocycles. The van der Waals surface area contributed by atoms with E-state index in [4.69, 9.17) is 15.2 Å². The zero-order chi connectivity index (χ0) is 10.1. The average molecular weight is 206 g/mol. The van der Waals surface area contributed by atoms with Crippen LogP contribution in [0.25, 0.3) is 0 Å². The van der Waals surface area contributed by atoms with E-state index in [-0.39, 0.29) is 5.91 Å². The molecule has 0 heterocycles. The smallest absolute Gasteiger partial charge is 0.161 e. The molecule has 0 saturated carbocycles. The molecule has 4 nitrogen and oxygen atoms in total. The van der Waals surface area contributed by atoms with Gasteiger partial charge in [-0.25, -0.2) is 0 Å². The topological polar surface area (TPSA) is 47.7 Å². The SMILES string of the molecule is CCCN(CCN)[SiH2]C(OC)OC. The largest absolute Gasteiger partial charge is 0.359 e. The summed E-state index contributed by atoms with van der Waals surface area (Å²) >= 11 is 0. The van der Waals surface area contributed by atoms with E-state index in [9.17, 15) is 0 Å². The minimum atomic E-state index is -0.474. The third kappa shape index (κ3) is 6.17. The zero-order valence-electron chi connectivity index (χ0n) is 8.95. The van der Waals surface area contributed by atoms with Crippen LogP contribution in [-0.4, -0.2) is 54.0 Å². The van der Waals surface area contributed by atoms with Crippen molar-refractivity contribution in [3.8, 4) is 0 Å². The van der Waals surface area contributed by atoms with E-state index in [0.717, 1.165) is 19.5 Å². The number of hydrogen-bond donors (Lipinski definition) is 1. The van der Waals surface area contributed by atoms with Gasteiger partial charge < -0.3 is 19.8 Å². The first-order valence-corrected chi connectivity index (χ1v) is 6.21. The molecule has 0 atom stereocenters. The van der Waals surface area contributed by atoms with Gasteiger partial charge in [0.2, 0.25) is 0 Å². The molecule has 0 aromatic rings. The summed E-state index contributed by atoms with van der Waals surface area (Å²) in [6.45, 7) is 4.95. The van der Waals surface area contributed by atoms with Gasteiger partial charge in [0, 0.05) is 27.3 Å². The van der Waals surface area contributed by atoms with E-state index < -0.39 is 9.68 Å². The van der Waals surface area contributed by atoms with Crippen LogP contribution in [0.5, 0.6) is 0 Å². The molecule has 0 aliphatic heterocycles. The summed E-state index contributed by atoms with van der Waals surface area (Å²) in [4.78, 5) is 0. The van der Waals surface area contributed by atoms with E-state index in [0.29, 0.717) is 6.54 Å². The maximum Gasteiger partial charge on any atom is 0.161 e. The monoisotopic (exact) mass is 206 g/mol. The van der Waals surface area contributed by atoms with E-state index in [2.05, 4.69) is 11.5 Å². The Balaban J connectivity index is 3.76. The molecule has 0 unspecified atom stereocenters. The van der Waals surface area contributed by atoms with Gasteiger partial charge in [-0.1, -0.05) is 6.92 Å². The average Bonchev–Trinajstić information content (AvgIpc) is 2.14. The molecule has 0 amide bonds. The molecular weight excluding hydrogens is 184 g/mol. The van der Waals surface area contributed by atoms with Crippen LogP contribution < -0.4 is 5.73 Å². The fourth-order valence-corrected chi connectivity index (χ4v) is 2.83. The Morgan fingerprint density at radius 2 is 1.92 bits per heavy atom. The maximum atomic E-state index is 5.52. The van der Waals surface area contributed by atoms with Crippen molar-refractivity contribution in [3.63, 3.8) is 0 Å². The Hall–Kier alpha value is 0.0569. The lowest BCUT2D eigenvalue weighted by Gasteiger charge is -2.24. The standard InChI is InChI=1S/C8H22N2O2Si/c1-4-6-10(7-5-9)13-8(11-2)12-3/h8H,4-7,9,13H2,1-3H3. The highest BCUT2D eigenvalue weighted by Crippen LogP contribution is 1.95. The molecule has 0 spiro atoms. The molecule has 0 aliphatic rings. The van der Waals surface area contributed by atoms with Crippen LogP contribution in [0.3, 0.4) is 0 Å². The number of hydrogen-bond acceptors (Lipinski definition) is 4. The van der Waals surface area contributed by atoms with E-state index in [1.54, 1.807) is 14.2 Å². The lowest BCUT2D eigenvalue weighted by Crippen LogP contribution is -2.41. The van der Waals surface area contributed by atoms with Crippen molar-refractivity contribution in [3.05, 3.63) is 0 Å². The summed E-state index contributed by atoms with van der Waals surface area (Å²) in [7, 11) is 2.90. The van der Waals surface area contributed by atoms with Gasteiger partial charge in [0.1, 0.15) is 5.91 Å². The summed E-state index contributed by atoms with van der Waals surface area (Å²) in [5.41, 5.74) is 5.52. The quantitative estimate of drug-likeness (QED) is 0.422. The first-order chi connectivity index (χ1) is 6.28. The number of methoxy groups -OCH3 is 2. The van der Waals surface area contributed by atoms with Crippen molar-refractivity contribution in [2.24, 2.45) is 5.73 Å². The normalized spacial score (nSPS) is 12.5. The molecule has 0 bridgehead atoms. The van der Waals surface area contributed by atoms with Crippen LogP contribution in [0.15, 0.2) is 0 Å². The van der Waals surface area contributed by atoms with Crippen LogP contribution in [-0.2, 0) is 9.47 Å². The fourth-order valence-electron chi connectivity index (χ4n) is 1.25. The molecule has 5 heteroatoms. The molecule has 13 heavy (non-hydrogen) atoms. The van der Waals surface area contributed by atoms with Crippen molar-refractivity contribution in [1.29, 1.82) is 0 Å². The highest BCUT2D eigenvalue weighted by atomic mass is 28.2. The molecule has 2 N–H and O–H groups in total. The number of nitrogens with two attached hydrogens (primary N) is 1.